The summed E-state index contributed by atoms with van der Waals surface area (Å²) in [6.07, 6.45) is 0. The molecular formula is C56H37NO. The van der Waals surface area contributed by atoms with Crippen molar-refractivity contribution in [2.75, 3.05) is 4.90 Å². The number of anilines is 3. The molecule has 0 bridgehead atoms. The van der Waals surface area contributed by atoms with E-state index in [-0.39, 0.29) is 0 Å². The fourth-order valence-corrected chi connectivity index (χ4v) is 8.62. The maximum atomic E-state index is 7.13. The first kappa shape index (κ1) is 33.6. The average Bonchev–Trinajstić information content (AvgIpc) is 3.71. The van der Waals surface area contributed by atoms with Crippen molar-refractivity contribution in [2.24, 2.45) is 0 Å². The number of furan rings is 1. The Morgan fingerprint density at radius 1 is 0.259 bits per heavy atom. The highest BCUT2D eigenvalue weighted by Crippen LogP contribution is 2.47. The van der Waals surface area contributed by atoms with Crippen LogP contribution in [0.1, 0.15) is 0 Å². The summed E-state index contributed by atoms with van der Waals surface area (Å²) in [6, 6.07) is 80.5. The van der Waals surface area contributed by atoms with Crippen LogP contribution in [0.3, 0.4) is 0 Å². The number of rotatable bonds is 7. The zero-order chi connectivity index (χ0) is 38.4. The molecule has 0 aliphatic carbocycles. The number of nitrogens with zero attached hydrogens (tertiary/aromatic N) is 1. The van der Waals surface area contributed by atoms with Crippen molar-refractivity contribution < 1.29 is 4.42 Å². The largest absolute Gasteiger partial charge is 0.455 e. The van der Waals surface area contributed by atoms with Gasteiger partial charge in [0.05, 0.1) is 0 Å². The molecule has 11 rings (SSSR count). The quantitative estimate of drug-likeness (QED) is 0.151. The minimum Gasteiger partial charge on any atom is -0.455 e. The molecule has 2 heteroatoms. The van der Waals surface area contributed by atoms with Crippen LogP contribution in [0.2, 0.25) is 0 Å². The number of hydrogen-bond donors (Lipinski definition) is 0. The van der Waals surface area contributed by atoms with Gasteiger partial charge in [-0.25, -0.2) is 0 Å². The predicted molar refractivity (Wildman–Crippen MR) is 245 cm³/mol. The molecule has 0 unspecified atom stereocenters. The van der Waals surface area contributed by atoms with Gasteiger partial charge in [0.15, 0.2) is 0 Å². The van der Waals surface area contributed by atoms with Gasteiger partial charge in [0, 0.05) is 38.8 Å². The topological polar surface area (TPSA) is 16.4 Å². The second kappa shape index (κ2) is 14.1. The molecule has 0 fully saturated rings. The molecule has 1 aromatic heterocycles. The molecule has 0 radical (unpaired) electrons. The van der Waals surface area contributed by atoms with Crippen molar-refractivity contribution in [1.82, 2.24) is 0 Å². The first-order valence-corrected chi connectivity index (χ1v) is 19.8. The van der Waals surface area contributed by atoms with E-state index in [1.807, 2.05) is 0 Å². The lowest BCUT2D eigenvalue weighted by Crippen LogP contribution is -2.10. The average molecular weight is 740 g/mol. The Hall–Kier alpha value is -7.68. The lowest BCUT2D eigenvalue weighted by Gasteiger charge is -2.27. The Labute approximate surface area is 337 Å². The summed E-state index contributed by atoms with van der Waals surface area (Å²) >= 11 is 0. The second-order valence-electron chi connectivity index (χ2n) is 14.9. The van der Waals surface area contributed by atoms with Crippen LogP contribution in [0.5, 0.6) is 0 Å². The van der Waals surface area contributed by atoms with Gasteiger partial charge in [0.1, 0.15) is 11.2 Å². The predicted octanol–water partition coefficient (Wildman–Crippen LogP) is 16.0. The van der Waals surface area contributed by atoms with Crippen LogP contribution in [0.25, 0.3) is 88.0 Å². The monoisotopic (exact) mass is 739 g/mol. The Morgan fingerprint density at radius 3 is 1.14 bits per heavy atom. The van der Waals surface area contributed by atoms with Crippen LogP contribution >= 0.6 is 0 Å². The van der Waals surface area contributed by atoms with E-state index in [1.165, 1.54) is 49.5 Å². The smallest absolute Gasteiger partial charge is 0.143 e. The summed E-state index contributed by atoms with van der Waals surface area (Å²) in [5.74, 6) is 0. The summed E-state index contributed by atoms with van der Waals surface area (Å²) < 4.78 is 7.13. The SMILES string of the molecule is c1ccc(-c2ccc(-c3cc(N(c4ccc(-c5ccccc5)cc4)c4ccc(-c5ccccc5)cc4)cc4c3oc3c5ccccc5c5ccccc5c43)cc2)cc1. The van der Waals surface area contributed by atoms with Crippen LogP contribution in [-0.4, -0.2) is 0 Å². The van der Waals surface area contributed by atoms with E-state index < -0.39 is 0 Å². The molecule has 0 amide bonds. The molecule has 10 aromatic carbocycles. The van der Waals surface area contributed by atoms with E-state index in [0.717, 1.165) is 55.5 Å². The molecule has 0 spiro atoms. The number of benzene rings is 10. The highest BCUT2D eigenvalue weighted by molar-refractivity contribution is 6.31. The highest BCUT2D eigenvalue weighted by atomic mass is 16.3. The van der Waals surface area contributed by atoms with E-state index in [4.69, 9.17) is 4.42 Å². The van der Waals surface area contributed by atoms with Crippen molar-refractivity contribution in [3.8, 4) is 44.5 Å². The standard InChI is InChI=1S/C56H37NO/c1-4-14-38(15-5-1)41-24-26-44(27-25-41)52-36-47(37-53-54-50-22-12-10-20-48(50)49-21-11-13-23-51(49)56(54)58-55(52)53)57(45-32-28-42(29-33-45)39-16-6-2-7-17-39)46-34-30-43(31-35-46)40-18-8-3-9-19-40/h1-37H. The summed E-state index contributed by atoms with van der Waals surface area (Å²) in [5, 5.41) is 6.93. The van der Waals surface area contributed by atoms with Crippen LogP contribution in [-0.2, 0) is 0 Å². The molecule has 0 atom stereocenters. The van der Waals surface area contributed by atoms with Crippen molar-refractivity contribution in [1.29, 1.82) is 0 Å². The minimum atomic E-state index is 0.881. The Morgan fingerprint density at radius 2 is 0.638 bits per heavy atom. The van der Waals surface area contributed by atoms with Gasteiger partial charge in [0.2, 0.25) is 0 Å². The van der Waals surface area contributed by atoms with Crippen LogP contribution < -0.4 is 4.90 Å². The minimum absolute atomic E-state index is 0.881. The van der Waals surface area contributed by atoms with E-state index in [1.54, 1.807) is 0 Å². The number of hydrogen-bond acceptors (Lipinski definition) is 2. The lowest BCUT2D eigenvalue weighted by atomic mass is 9.94. The highest BCUT2D eigenvalue weighted by Gasteiger charge is 2.23. The molecule has 2 nitrogen and oxygen atoms in total. The molecular weight excluding hydrogens is 703 g/mol. The molecule has 0 saturated heterocycles. The third-order valence-electron chi connectivity index (χ3n) is 11.5. The van der Waals surface area contributed by atoms with E-state index in [2.05, 4.69) is 229 Å². The Balaban J connectivity index is 1.18. The van der Waals surface area contributed by atoms with Crippen molar-refractivity contribution in [3.05, 3.63) is 224 Å². The first-order chi connectivity index (χ1) is 28.8. The molecule has 0 N–H and O–H groups in total. The summed E-state index contributed by atoms with van der Waals surface area (Å²) in [4.78, 5) is 2.38. The van der Waals surface area contributed by atoms with Gasteiger partial charge in [-0.05, 0) is 91.5 Å². The van der Waals surface area contributed by atoms with Crippen LogP contribution in [0, 0.1) is 0 Å². The Bertz CT molecular complexity index is 3140. The van der Waals surface area contributed by atoms with Gasteiger partial charge in [-0.3, -0.25) is 0 Å². The maximum Gasteiger partial charge on any atom is 0.143 e. The van der Waals surface area contributed by atoms with Crippen molar-refractivity contribution >= 4 is 60.5 Å². The summed E-state index contributed by atoms with van der Waals surface area (Å²) in [7, 11) is 0. The molecule has 272 valence electrons. The fourth-order valence-electron chi connectivity index (χ4n) is 8.62. The van der Waals surface area contributed by atoms with E-state index in [0.29, 0.717) is 0 Å². The van der Waals surface area contributed by atoms with Gasteiger partial charge in [-0.1, -0.05) is 188 Å². The molecule has 1 heterocycles. The molecule has 0 saturated carbocycles. The lowest BCUT2D eigenvalue weighted by molar-refractivity contribution is 0.674. The normalized spacial score (nSPS) is 11.4. The molecule has 0 aliphatic rings. The Kier molecular flexibility index (Phi) is 8.19. The second-order valence-corrected chi connectivity index (χ2v) is 14.9. The maximum absolute atomic E-state index is 7.13. The van der Waals surface area contributed by atoms with Crippen LogP contribution in [0.4, 0.5) is 17.1 Å². The van der Waals surface area contributed by atoms with Gasteiger partial charge in [-0.15, -0.1) is 0 Å². The van der Waals surface area contributed by atoms with Gasteiger partial charge in [-0.2, -0.15) is 0 Å². The van der Waals surface area contributed by atoms with Gasteiger partial charge in [0.25, 0.3) is 0 Å². The third-order valence-corrected chi connectivity index (χ3v) is 11.5. The summed E-state index contributed by atoms with van der Waals surface area (Å²) in [6.45, 7) is 0. The zero-order valence-electron chi connectivity index (χ0n) is 31.7. The molecule has 58 heavy (non-hydrogen) atoms. The third kappa shape index (κ3) is 5.82. The molecule has 0 aliphatic heterocycles. The van der Waals surface area contributed by atoms with Gasteiger partial charge < -0.3 is 9.32 Å². The summed E-state index contributed by atoms with van der Waals surface area (Å²) in [5.41, 5.74) is 14.2. The van der Waals surface area contributed by atoms with Gasteiger partial charge >= 0.3 is 0 Å². The fraction of sp³-hybridized carbons (Fsp3) is 0. The van der Waals surface area contributed by atoms with E-state index >= 15 is 0 Å². The van der Waals surface area contributed by atoms with Crippen molar-refractivity contribution in [3.63, 3.8) is 0 Å². The molecule has 11 aromatic rings. The zero-order valence-corrected chi connectivity index (χ0v) is 31.7. The van der Waals surface area contributed by atoms with Crippen LogP contribution in [0.15, 0.2) is 229 Å². The number of fused-ring (bicyclic) bond motifs is 8. The van der Waals surface area contributed by atoms with Crippen molar-refractivity contribution in [2.45, 2.75) is 0 Å². The van der Waals surface area contributed by atoms with E-state index in [9.17, 15) is 0 Å². The first-order valence-electron chi connectivity index (χ1n) is 19.8.